The van der Waals surface area contributed by atoms with Crippen LogP contribution < -0.4 is 20.1 Å². The van der Waals surface area contributed by atoms with Crippen LogP contribution >= 0.6 is 11.8 Å². The van der Waals surface area contributed by atoms with Crippen LogP contribution in [0.15, 0.2) is 23.2 Å². The number of alkyl halides is 2. The van der Waals surface area contributed by atoms with Gasteiger partial charge in [0.2, 0.25) is 0 Å². The number of rotatable bonds is 8. The average molecular weight is 389 g/mol. The third kappa shape index (κ3) is 6.21. The second kappa shape index (κ2) is 9.82. The van der Waals surface area contributed by atoms with Gasteiger partial charge in [0.05, 0.1) is 19.3 Å². The topological polar surface area (TPSA) is 75.1 Å². The molecule has 6 nitrogen and oxygen atoms in total. The summed E-state index contributed by atoms with van der Waals surface area (Å²) in [6, 6.07) is 4.61. The van der Waals surface area contributed by atoms with Crippen LogP contribution in [0.4, 0.5) is 8.78 Å². The number of guanidine groups is 1. The van der Waals surface area contributed by atoms with Crippen molar-refractivity contribution < 1.29 is 23.4 Å². The normalized spacial score (nSPS) is 20.3. The van der Waals surface area contributed by atoms with Crippen LogP contribution in [0.2, 0.25) is 0 Å². The quantitative estimate of drug-likeness (QED) is 0.468. The summed E-state index contributed by atoms with van der Waals surface area (Å²) >= 11 is 1.72. The van der Waals surface area contributed by atoms with E-state index in [1.54, 1.807) is 23.9 Å². The number of benzene rings is 1. The molecule has 1 aromatic rings. The first kappa shape index (κ1) is 20.6. The van der Waals surface area contributed by atoms with Gasteiger partial charge in [-0.1, -0.05) is 0 Å². The van der Waals surface area contributed by atoms with E-state index < -0.39 is 12.2 Å². The van der Waals surface area contributed by atoms with E-state index in [4.69, 9.17) is 4.74 Å². The van der Waals surface area contributed by atoms with E-state index in [9.17, 15) is 13.9 Å². The second-order valence-electron chi connectivity index (χ2n) is 5.93. The number of hydrogen-bond donors (Lipinski definition) is 3. The first-order chi connectivity index (χ1) is 12.5. The summed E-state index contributed by atoms with van der Waals surface area (Å²) in [6.07, 6.45) is 0.729. The van der Waals surface area contributed by atoms with E-state index in [-0.39, 0.29) is 12.3 Å². The van der Waals surface area contributed by atoms with Gasteiger partial charge in [0, 0.05) is 24.4 Å². The molecule has 0 aliphatic carbocycles. The maximum Gasteiger partial charge on any atom is 0.387 e. The highest BCUT2D eigenvalue weighted by atomic mass is 32.2. The first-order valence-electron chi connectivity index (χ1n) is 8.40. The highest BCUT2D eigenvalue weighted by Gasteiger charge is 2.31. The summed E-state index contributed by atoms with van der Waals surface area (Å²) in [7, 11) is 1.50. The Morgan fingerprint density at radius 2 is 2.23 bits per heavy atom. The van der Waals surface area contributed by atoms with Crippen LogP contribution in [0, 0.1) is 0 Å². The fourth-order valence-electron chi connectivity index (χ4n) is 2.51. The summed E-state index contributed by atoms with van der Waals surface area (Å²) in [5.41, 5.74) is -0.266. The lowest BCUT2D eigenvalue weighted by molar-refractivity contribution is -0.0504. The van der Waals surface area contributed by atoms with Crippen molar-refractivity contribution in [2.45, 2.75) is 32.1 Å². The van der Waals surface area contributed by atoms with E-state index in [1.165, 1.54) is 13.2 Å². The van der Waals surface area contributed by atoms with Crippen LogP contribution in [0.3, 0.4) is 0 Å². The van der Waals surface area contributed by atoms with E-state index in [0.29, 0.717) is 36.1 Å². The van der Waals surface area contributed by atoms with Gasteiger partial charge in [-0.2, -0.15) is 20.5 Å². The molecule has 1 aromatic carbocycles. The molecule has 0 saturated carbocycles. The maximum atomic E-state index is 12.6. The molecule has 0 aromatic heterocycles. The number of nitrogens with zero attached hydrogens (tertiary/aromatic N) is 1. The average Bonchev–Trinajstić information content (AvgIpc) is 3.05. The molecule has 3 N–H and O–H groups in total. The van der Waals surface area contributed by atoms with Crippen LogP contribution in [-0.4, -0.2) is 55.0 Å². The number of thioether (sulfide) groups is 1. The minimum absolute atomic E-state index is 0.0613. The van der Waals surface area contributed by atoms with Crippen molar-refractivity contribution in [3.8, 4) is 11.5 Å². The number of nitrogens with one attached hydrogen (secondary N) is 2. The van der Waals surface area contributed by atoms with Crippen LogP contribution in [-0.2, 0) is 6.54 Å². The zero-order chi connectivity index (χ0) is 19.0. The molecule has 0 bridgehead atoms. The molecule has 9 heteroatoms. The van der Waals surface area contributed by atoms with Crippen molar-refractivity contribution in [1.29, 1.82) is 0 Å². The maximum absolute atomic E-state index is 12.6. The first-order valence-corrected chi connectivity index (χ1v) is 9.55. The molecule has 2 rings (SSSR count). The van der Waals surface area contributed by atoms with Gasteiger partial charge in [0.1, 0.15) is 11.5 Å². The number of halogens is 2. The van der Waals surface area contributed by atoms with Gasteiger partial charge in [-0.25, -0.2) is 4.99 Å². The van der Waals surface area contributed by atoms with Crippen LogP contribution in [0.5, 0.6) is 11.5 Å². The fourth-order valence-corrected chi connectivity index (χ4v) is 3.80. The Bertz CT molecular complexity index is 611. The molecule has 1 saturated heterocycles. The number of aliphatic imine (C=N–C) groups is 1. The molecular weight excluding hydrogens is 364 g/mol. The van der Waals surface area contributed by atoms with Crippen LogP contribution in [0.25, 0.3) is 0 Å². The highest BCUT2D eigenvalue weighted by Crippen LogP contribution is 2.27. The Morgan fingerprint density at radius 1 is 1.42 bits per heavy atom. The Kier molecular flexibility index (Phi) is 7.77. The predicted octanol–water partition coefficient (Wildman–Crippen LogP) is 2.22. The largest absolute Gasteiger partial charge is 0.497 e. The summed E-state index contributed by atoms with van der Waals surface area (Å²) in [5.74, 6) is 2.72. The highest BCUT2D eigenvalue weighted by molar-refractivity contribution is 7.99. The smallest absolute Gasteiger partial charge is 0.387 e. The second-order valence-corrected chi connectivity index (χ2v) is 7.03. The molecule has 26 heavy (non-hydrogen) atoms. The Hall–Kier alpha value is -1.74. The SMILES string of the molecule is CCNC(=NCc1cc(OC)ccc1OC(F)F)NCC1(O)CCSC1. The predicted molar refractivity (Wildman–Crippen MR) is 99.3 cm³/mol. The lowest BCUT2D eigenvalue weighted by atomic mass is 10.0. The van der Waals surface area contributed by atoms with Gasteiger partial charge < -0.3 is 25.2 Å². The third-order valence-electron chi connectivity index (χ3n) is 3.90. The zero-order valence-electron chi connectivity index (χ0n) is 14.9. The lowest BCUT2D eigenvalue weighted by Crippen LogP contribution is -2.47. The molecule has 1 heterocycles. The van der Waals surface area contributed by atoms with Crippen molar-refractivity contribution in [2.24, 2.45) is 4.99 Å². The molecule has 1 unspecified atom stereocenters. The third-order valence-corrected chi connectivity index (χ3v) is 5.14. The van der Waals surface area contributed by atoms with Crippen LogP contribution in [0.1, 0.15) is 18.9 Å². The standard InChI is InChI=1S/C17H25F2N3O3S/c1-3-20-16(22-10-17(23)6-7-26-11-17)21-9-12-8-13(24-2)4-5-14(12)25-15(18)19/h4-5,8,15,23H,3,6-7,9-11H2,1-2H3,(H2,20,21,22). The number of aliphatic hydroxyl groups is 1. The monoisotopic (exact) mass is 389 g/mol. The summed E-state index contributed by atoms with van der Waals surface area (Å²) in [6.45, 7) is 0.157. The summed E-state index contributed by atoms with van der Waals surface area (Å²) in [4.78, 5) is 4.42. The lowest BCUT2D eigenvalue weighted by Gasteiger charge is -2.23. The molecule has 1 aliphatic rings. The van der Waals surface area contributed by atoms with Crippen molar-refractivity contribution in [3.05, 3.63) is 23.8 Å². The molecule has 1 fully saturated rings. The Morgan fingerprint density at radius 3 is 2.85 bits per heavy atom. The summed E-state index contributed by atoms with van der Waals surface area (Å²) in [5, 5.41) is 16.6. The summed E-state index contributed by atoms with van der Waals surface area (Å²) < 4.78 is 34.9. The van der Waals surface area contributed by atoms with E-state index >= 15 is 0 Å². The molecule has 1 aliphatic heterocycles. The van der Waals surface area contributed by atoms with Crippen molar-refractivity contribution in [2.75, 3.05) is 31.7 Å². The van der Waals surface area contributed by atoms with Crippen molar-refractivity contribution in [3.63, 3.8) is 0 Å². The zero-order valence-corrected chi connectivity index (χ0v) is 15.7. The number of hydrogen-bond acceptors (Lipinski definition) is 5. The van der Waals surface area contributed by atoms with Crippen molar-refractivity contribution >= 4 is 17.7 Å². The fraction of sp³-hybridized carbons (Fsp3) is 0.588. The van der Waals surface area contributed by atoms with E-state index in [1.807, 2.05) is 6.92 Å². The van der Waals surface area contributed by atoms with E-state index in [2.05, 4.69) is 20.4 Å². The van der Waals surface area contributed by atoms with Gasteiger partial charge in [0.15, 0.2) is 5.96 Å². The van der Waals surface area contributed by atoms with E-state index in [0.717, 1.165) is 12.2 Å². The molecule has 146 valence electrons. The number of methoxy groups -OCH3 is 1. The Labute approximate surface area is 156 Å². The number of ether oxygens (including phenoxy) is 2. The minimum atomic E-state index is -2.91. The molecular formula is C17H25F2N3O3S. The Balaban J connectivity index is 2.09. The van der Waals surface area contributed by atoms with Gasteiger partial charge >= 0.3 is 6.61 Å². The van der Waals surface area contributed by atoms with Gasteiger partial charge in [0.25, 0.3) is 0 Å². The van der Waals surface area contributed by atoms with Gasteiger partial charge in [-0.15, -0.1) is 0 Å². The molecule has 0 radical (unpaired) electrons. The molecule has 0 amide bonds. The molecule has 1 atom stereocenters. The molecule has 0 spiro atoms. The van der Waals surface area contributed by atoms with Crippen molar-refractivity contribution in [1.82, 2.24) is 10.6 Å². The minimum Gasteiger partial charge on any atom is -0.497 e. The van der Waals surface area contributed by atoms with Gasteiger partial charge in [-0.3, -0.25) is 0 Å². The van der Waals surface area contributed by atoms with Gasteiger partial charge in [-0.05, 0) is 37.3 Å².